The molecule has 1 atom stereocenters. The van der Waals surface area contributed by atoms with Crippen LogP contribution in [0.15, 0.2) is 50.7 Å². The Labute approximate surface area is 260 Å². The van der Waals surface area contributed by atoms with Gasteiger partial charge in [0.15, 0.2) is 26.8 Å². The predicted octanol–water partition coefficient (Wildman–Crippen LogP) is 4.69. The van der Waals surface area contributed by atoms with Gasteiger partial charge in [-0.2, -0.15) is 5.26 Å². The van der Waals surface area contributed by atoms with Gasteiger partial charge in [0, 0.05) is 29.3 Å². The number of amides is 1. The Morgan fingerprint density at radius 3 is 2.53 bits per heavy atom. The van der Waals surface area contributed by atoms with Crippen LogP contribution in [-0.2, 0) is 9.59 Å². The monoisotopic (exact) mass is 639 g/mol. The van der Waals surface area contributed by atoms with Crippen molar-refractivity contribution in [3.05, 3.63) is 51.9 Å². The fourth-order valence-corrected chi connectivity index (χ4v) is 7.47. The van der Waals surface area contributed by atoms with Crippen LogP contribution < -0.4 is 30.2 Å². The Balaban J connectivity index is 1.56. The fourth-order valence-electron chi connectivity index (χ4n) is 5.25. The van der Waals surface area contributed by atoms with Gasteiger partial charge in [0.2, 0.25) is 16.8 Å². The lowest BCUT2D eigenvalue weighted by molar-refractivity contribution is -0.118. The van der Waals surface area contributed by atoms with Crippen LogP contribution in [0, 0.1) is 16.7 Å². The normalized spacial score (nSPS) is 17.8. The summed E-state index contributed by atoms with van der Waals surface area (Å²) in [5.41, 5.74) is 8.30. The smallest absolute Gasteiger partial charge is 0.236 e. The van der Waals surface area contributed by atoms with E-state index in [1.807, 2.05) is 13.8 Å². The van der Waals surface area contributed by atoms with Crippen molar-refractivity contribution in [2.24, 2.45) is 11.1 Å². The van der Waals surface area contributed by atoms with E-state index in [9.17, 15) is 14.9 Å². The van der Waals surface area contributed by atoms with Crippen molar-refractivity contribution in [2.45, 2.75) is 36.9 Å². The molecule has 1 amide bonds. The summed E-state index contributed by atoms with van der Waals surface area (Å²) in [7, 11) is 4.52. The minimum Gasteiger partial charge on any atom is -0.493 e. The van der Waals surface area contributed by atoms with E-state index in [4.69, 9.17) is 19.9 Å². The summed E-state index contributed by atoms with van der Waals surface area (Å²) in [6, 6.07) is 5.73. The number of aromatic nitrogens is 3. The summed E-state index contributed by atoms with van der Waals surface area (Å²) in [5, 5.41) is 24.5. The number of carbonyl (C=O) groups is 2. The highest BCUT2D eigenvalue weighted by Crippen LogP contribution is 2.52. The van der Waals surface area contributed by atoms with Crippen molar-refractivity contribution < 1.29 is 23.8 Å². The molecule has 1 aliphatic carbocycles. The average molecular weight is 640 g/mol. The molecule has 3 heterocycles. The third kappa shape index (κ3) is 5.90. The number of nitrogens with two attached hydrogens (primary N) is 1. The maximum atomic E-state index is 13.9. The van der Waals surface area contributed by atoms with E-state index in [0.717, 1.165) is 0 Å². The molecule has 0 saturated heterocycles. The quantitative estimate of drug-likeness (QED) is 0.311. The predicted molar refractivity (Wildman–Crippen MR) is 165 cm³/mol. The van der Waals surface area contributed by atoms with Crippen molar-refractivity contribution in [1.29, 1.82) is 5.26 Å². The number of allylic oxidation sites excluding steroid dienone is 3. The number of thiazole rings is 1. The van der Waals surface area contributed by atoms with Crippen molar-refractivity contribution in [3.63, 3.8) is 0 Å². The van der Waals surface area contributed by atoms with Crippen molar-refractivity contribution in [2.75, 3.05) is 37.3 Å². The summed E-state index contributed by atoms with van der Waals surface area (Å²) < 4.78 is 17.2. The van der Waals surface area contributed by atoms with Gasteiger partial charge in [-0.3, -0.25) is 14.5 Å². The largest absolute Gasteiger partial charge is 0.493 e. The van der Waals surface area contributed by atoms with Crippen molar-refractivity contribution in [1.82, 2.24) is 15.2 Å². The number of nitriles is 1. The number of benzene rings is 1. The zero-order valence-electron chi connectivity index (χ0n) is 24.1. The molecule has 1 aromatic carbocycles. The molecule has 1 unspecified atom stereocenters. The summed E-state index contributed by atoms with van der Waals surface area (Å²) in [5.74, 6) is 0.366. The SMILES string of the molecule is COc1cc(C2C(C#N)=C(N)N(c3nnc(SCC(=O)Nc4nccs4)s3)C3=C2C(=O)CC(C)(C)C3)cc(OC)c1OC. The minimum atomic E-state index is -0.759. The molecule has 5 rings (SSSR count). The molecule has 43 heavy (non-hydrogen) atoms. The number of carbonyl (C=O) groups excluding carboxylic acids is 2. The Hall–Kier alpha value is -4.13. The van der Waals surface area contributed by atoms with Crippen molar-refractivity contribution in [3.8, 4) is 23.3 Å². The van der Waals surface area contributed by atoms with Gasteiger partial charge in [-0.25, -0.2) is 4.98 Å². The maximum absolute atomic E-state index is 13.9. The molecule has 0 spiro atoms. The summed E-state index contributed by atoms with van der Waals surface area (Å²) in [6.45, 7) is 4.03. The van der Waals surface area contributed by atoms with Gasteiger partial charge in [0.25, 0.3) is 0 Å². The Morgan fingerprint density at radius 2 is 1.93 bits per heavy atom. The number of ether oxygens (including phenoxy) is 3. The lowest BCUT2D eigenvalue weighted by atomic mass is 9.68. The van der Waals surface area contributed by atoms with E-state index in [0.29, 0.717) is 61.5 Å². The first-order valence-corrected chi connectivity index (χ1v) is 15.7. The van der Waals surface area contributed by atoms with Crippen LogP contribution in [-0.4, -0.2) is 54.0 Å². The van der Waals surface area contributed by atoms with E-state index in [-0.39, 0.29) is 34.3 Å². The molecule has 12 nitrogen and oxygen atoms in total. The Morgan fingerprint density at radius 1 is 1.21 bits per heavy atom. The summed E-state index contributed by atoms with van der Waals surface area (Å²) in [6.07, 6.45) is 2.42. The number of methoxy groups -OCH3 is 3. The molecule has 3 N–H and O–H groups in total. The van der Waals surface area contributed by atoms with E-state index < -0.39 is 5.92 Å². The van der Waals surface area contributed by atoms with Gasteiger partial charge in [0.1, 0.15) is 5.82 Å². The number of anilines is 2. The summed E-state index contributed by atoms with van der Waals surface area (Å²) >= 11 is 3.78. The lowest BCUT2D eigenvalue weighted by Gasteiger charge is -2.42. The second-order valence-electron chi connectivity index (χ2n) is 10.5. The number of nitrogens with one attached hydrogen (secondary N) is 1. The van der Waals surface area contributed by atoms with Gasteiger partial charge >= 0.3 is 0 Å². The zero-order valence-corrected chi connectivity index (χ0v) is 26.5. The highest BCUT2D eigenvalue weighted by Gasteiger charge is 2.46. The second-order valence-corrected chi connectivity index (χ2v) is 13.5. The van der Waals surface area contributed by atoms with E-state index in [1.54, 1.807) is 28.6 Å². The van der Waals surface area contributed by atoms with Crippen molar-refractivity contribution >= 4 is 56.4 Å². The van der Waals surface area contributed by atoms with Gasteiger partial charge in [-0.1, -0.05) is 36.9 Å². The molecular weight excluding hydrogens is 611 g/mol. The molecule has 0 bridgehead atoms. The third-order valence-corrected chi connectivity index (χ3v) is 9.72. The molecule has 1 aliphatic heterocycles. The molecule has 0 radical (unpaired) electrons. The standard InChI is InChI=1S/C28H29N7O5S3/c1-28(2)10-16-22(17(36)11-28)21(14-8-18(38-3)23(40-5)19(9-14)39-4)15(12-29)24(30)35(16)26-33-34-27(43-26)42-13-20(37)32-25-31-6-7-41-25/h6-9,21H,10-11,13,30H2,1-5H3,(H,31,32,37). The maximum Gasteiger partial charge on any atom is 0.236 e. The molecule has 15 heteroatoms. The molecule has 0 fully saturated rings. The van der Waals surface area contributed by atoms with Gasteiger partial charge < -0.3 is 25.3 Å². The first-order chi connectivity index (χ1) is 20.6. The number of thioether (sulfide) groups is 1. The molecular formula is C28H29N7O5S3. The number of nitrogens with zero attached hydrogens (tertiary/aromatic N) is 5. The molecule has 2 aromatic heterocycles. The van der Waals surface area contributed by atoms with Gasteiger partial charge in [0.05, 0.1) is 44.6 Å². The zero-order chi connectivity index (χ0) is 30.9. The Bertz CT molecular complexity index is 1650. The third-order valence-electron chi connectivity index (χ3n) is 6.99. The molecule has 2 aliphatic rings. The number of rotatable bonds is 9. The number of Topliss-reactive ketones (excluding diaryl/α,β-unsaturated/α-hetero) is 1. The van der Waals surface area contributed by atoms with Gasteiger partial charge in [-0.15, -0.1) is 21.5 Å². The second kappa shape index (κ2) is 12.2. The fraction of sp³-hybridized carbons (Fsp3) is 0.357. The van der Waals surface area contributed by atoms with Crippen LogP contribution >= 0.6 is 34.4 Å². The first-order valence-electron chi connectivity index (χ1n) is 13.0. The van der Waals surface area contributed by atoms with Crippen LogP contribution in [0.4, 0.5) is 10.3 Å². The van der Waals surface area contributed by atoms with Crippen LogP contribution in [0.3, 0.4) is 0 Å². The number of hydrogen-bond acceptors (Lipinski definition) is 14. The first kappa shape index (κ1) is 30.3. The highest BCUT2D eigenvalue weighted by molar-refractivity contribution is 8.01. The van der Waals surface area contributed by atoms with E-state index in [2.05, 4.69) is 26.6 Å². The molecule has 224 valence electrons. The van der Waals surface area contributed by atoms with E-state index in [1.165, 1.54) is 55.8 Å². The van der Waals surface area contributed by atoms with Crippen LogP contribution in [0.5, 0.6) is 17.2 Å². The molecule has 0 saturated carbocycles. The Kier molecular flexibility index (Phi) is 8.63. The summed E-state index contributed by atoms with van der Waals surface area (Å²) in [4.78, 5) is 32.0. The minimum absolute atomic E-state index is 0.0896. The highest BCUT2D eigenvalue weighted by atomic mass is 32.2. The average Bonchev–Trinajstić information content (AvgIpc) is 3.66. The lowest BCUT2D eigenvalue weighted by Crippen LogP contribution is -2.42. The van der Waals surface area contributed by atoms with Crippen LogP contribution in [0.2, 0.25) is 0 Å². The van der Waals surface area contributed by atoms with Crippen LogP contribution in [0.25, 0.3) is 0 Å². The number of ketones is 1. The number of hydrogen-bond donors (Lipinski definition) is 2. The van der Waals surface area contributed by atoms with E-state index >= 15 is 0 Å². The molecule has 3 aromatic rings. The topological polar surface area (TPSA) is 166 Å². The van der Waals surface area contributed by atoms with Gasteiger partial charge in [-0.05, 0) is 29.5 Å². The van der Waals surface area contributed by atoms with Crippen LogP contribution in [0.1, 0.15) is 38.2 Å².